The van der Waals surface area contributed by atoms with Gasteiger partial charge in [-0.1, -0.05) is 0 Å². The van der Waals surface area contributed by atoms with Crippen molar-refractivity contribution >= 4 is 17.8 Å². The van der Waals surface area contributed by atoms with Gasteiger partial charge in [-0.2, -0.15) is 0 Å². The molecule has 2 atom stereocenters. The van der Waals surface area contributed by atoms with E-state index in [1.807, 2.05) is 0 Å². The van der Waals surface area contributed by atoms with Crippen LogP contribution in [-0.4, -0.2) is 51.6 Å². The number of urea groups is 1. The van der Waals surface area contributed by atoms with Crippen LogP contribution in [0.15, 0.2) is 0 Å². The SMILES string of the molecule is O=C(NNC(=O)[C@H]1CC[C@H]2CN1C(=O)N2O)C1CC1. The number of piperidine rings is 1. The molecule has 2 aliphatic heterocycles. The van der Waals surface area contributed by atoms with E-state index in [-0.39, 0.29) is 17.9 Å². The summed E-state index contributed by atoms with van der Waals surface area (Å²) >= 11 is 0. The summed E-state index contributed by atoms with van der Waals surface area (Å²) in [6.45, 7) is 0.351. The minimum atomic E-state index is -0.625. The number of hydroxylamine groups is 2. The van der Waals surface area contributed by atoms with Crippen LogP contribution in [0.5, 0.6) is 0 Å². The first-order chi connectivity index (χ1) is 9.08. The summed E-state index contributed by atoms with van der Waals surface area (Å²) in [5.74, 6) is -0.577. The van der Waals surface area contributed by atoms with E-state index in [0.717, 1.165) is 12.8 Å². The highest BCUT2D eigenvalue weighted by Crippen LogP contribution is 2.29. The lowest BCUT2D eigenvalue weighted by molar-refractivity contribution is -0.132. The molecule has 104 valence electrons. The van der Waals surface area contributed by atoms with Crippen molar-refractivity contribution in [3.8, 4) is 0 Å². The van der Waals surface area contributed by atoms with E-state index in [0.29, 0.717) is 24.4 Å². The smallest absolute Gasteiger partial charge is 0.309 e. The van der Waals surface area contributed by atoms with Crippen LogP contribution in [0, 0.1) is 5.92 Å². The molecule has 0 aromatic heterocycles. The summed E-state index contributed by atoms with van der Waals surface area (Å²) < 4.78 is 0. The summed E-state index contributed by atoms with van der Waals surface area (Å²) in [4.78, 5) is 36.4. The highest BCUT2D eigenvalue weighted by molar-refractivity contribution is 5.90. The Hall–Kier alpha value is -1.83. The molecule has 4 amide bonds. The molecule has 2 heterocycles. The van der Waals surface area contributed by atoms with E-state index in [1.54, 1.807) is 0 Å². The predicted octanol–water partition coefficient (Wildman–Crippen LogP) is -0.798. The van der Waals surface area contributed by atoms with Crippen molar-refractivity contribution in [3.63, 3.8) is 0 Å². The van der Waals surface area contributed by atoms with Gasteiger partial charge in [-0.3, -0.25) is 25.6 Å². The number of hydrogen-bond donors (Lipinski definition) is 3. The number of hydrazine groups is 1. The van der Waals surface area contributed by atoms with Crippen LogP contribution in [0.2, 0.25) is 0 Å². The minimum absolute atomic E-state index is 0.0115. The lowest BCUT2D eigenvalue weighted by Gasteiger charge is -2.29. The zero-order valence-corrected chi connectivity index (χ0v) is 10.3. The number of rotatable bonds is 2. The molecule has 1 aliphatic carbocycles. The molecule has 0 aromatic carbocycles. The van der Waals surface area contributed by atoms with Gasteiger partial charge in [0.2, 0.25) is 5.91 Å². The van der Waals surface area contributed by atoms with Gasteiger partial charge in [0, 0.05) is 12.5 Å². The number of nitrogens with one attached hydrogen (secondary N) is 2. The number of hydrogen-bond acceptors (Lipinski definition) is 4. The van der Waals surface area contributed by atoms with Gasteiger partial charge in [0.25, 0.3) is 5.91 Å². The van der Waals surface area contributed by atoms with Gasteiger partial charge in [0.05, 0.1) is 6.04 Å². The highest BCUT2D eigenvalue weighted by Gasteiger charge is 2.46. The Labute approximate surface area is 109 Å². The van der Waals surface area contributed by atoms with Crippen LogP contribution in [0.4, 0.5) is 4.79 Å². The van der Waals surface area contributed by atoms with Gasteiger partial charge in [-0.05, 0) is 25.7 Å². The van der Waals surface area contributed by atoms with Gasteiger partial charge >= 0.3 is 6.03 Å². The summed E-state index contributed by atoms with van der Waals surface area (Å²) in [7, 11) is 0. The molecule has 2 bridgehead atoms. The van der Waals surface area contributed by atoms with Crippen LogP contribution >= 0.6 is 0 Å². The zero-order valence-electron chi connectivity index (χ0n) is 10.3. The van der Waals surface area contributed by atoms with Crippen LogP contribution in [0.3, 0.4) is 0 Å². The second-order valence-corrected chi connectivity index (χ2v) is 5.28. The maximum absolute atomic E-state index is 12.0. The zero-order chi connectivity index (χ0) is 13.6. The molecule has 8 nitrogen and oxygen atoms in total. The Morgan fingerprint density at radius 2 is 1.79 bits per heavy atom. The molecule has 0 radical (unpaired) electrons. The quantitative estimate of drug-likeness (QED) is 0.451. The predicted molar refractivity (Wildman–Crippen MR) is 61.5 cm³/mol. The van der Waals surface area contributed by atoms with E-state index in [4.69, 9.17) is 0 Å². The largest absolute Gasteiger partial charge is 0.344 e. The number of carbonyl (C=O) groups excluding carboxylic acids is 3. The molecule has 19 heavy (non-hydrogen) atoms. The number of nitrogens with zero attached hydrogens (tertiary/aromatic N) is 2. The lowest BCUT2D eigenvalue weighted by Crippen LogP contribution is -2.54. The average Bonchev–Trinajstić information content (AvgIpc) is 3.23. The number of carbonyl (C=O) groups is 3. The molecule has 3 fully saturated rings. The van der Waals surface area contributed by atoms with Crippen molar-refractivity contribution in [1.29, 1.82) is 0 Å². The third-order valence-corrected chi connectivity index (χ3v) is 3.90. The molecule has 0 unspecified atom stereocenters. The molecule has 0 aromatic rings. The highest BCUT2D eigenvalue weighted by atomic mass is 16.5. The van der Waals surface area contributed by atoms with Crippen LogP contribution < -0.4 is 10.9 Å². The second-order valence-electron chi connectivity index (χ2n) is 5.28. The minimum Gasteiger partial charge on any atom is -0.309 e. The first-order valence-corrected chi connectivity index (χ1v) is 6.46. The van der Waals surface area contributed by atoms with Gasteiger partial charge in [-0.25, -0.2) is 9.86 Å². The van der Waals surface area contributed by atoms with E-state index in [9.17, 15) is 19.6 Å². The van der Waals surface area contributed by atoms with Crippen LogP contribution in [-0.2, 0) is 9.59 Å². The molecule has 8 heteroatoms. The molecular formula is C11H16N4O4. The molecule has 3 aliphatic rings. The van der Waals surface area contributed by atoms with Crippen molar-refractivity contribution < 1.29 is 19.6 Å². The van der Waals surface area contributed by atoms with Crippen LogP contribution in [0.25, 0.3) is 0 Å². The third-order valence-electron chi connectivity index (χ3n) is 3.90. The fraction of sp³-hybridized carbons (Fsp3) is 0.727. The van der Waals surface area contributed by atoms with E-state index in [1.165, 1.54) is 4.90 Å². The van der Waals surface area contributed by atoms with E-state index in [2.05, 4.69) is 10.9 Å². The molecular weight excluding hydrogens is 252 g/mol. The van der Waals surface area contributed by atoms with Crippen LogP contribution in [0.1, 0.15) is 25.7 Å². The summed E-state index contributed by atoms with van der Waals surface area (Å²) in [6.07, 6.45) is 2.78. The third kappa shape index (κ3) is 2.12. The topological polar surface area (TPSA) is 102 Å². The van der Waals surface area contributed by atoms with Crippen molar-refractivity contribution in [3.05, 3.63) is 0 Å². The Kier molecular flexibility index (Phi) is 2.81. The molecule has 1 saturated carbocycles. The number of fused-ring (bicyclic) bond motifs is 2. The van der Waals surface area contributed by atoms with E-state index >= 15 is 0 Å². The normalized spacial score (nSPS) is 29.4. The van der Waals surface area contributed by atoms with Gasteiger partial charge in [0.1, 0.15) is 6.04 Å². The summed E-state index contributed by atoms with van der Waals surface area (Å²) in [6, 6.07) is -1.39. The lowest BCUT2D eigenvalue weighted by atomic mass is 10.0. The van der Waals surface area contributed by atoms with Crippen molar-refractivity contribution in [2.75, 3.05) is 6.54 Å². The molecule has 3 rings (SSSR count). The second kappa shape index (κ2) is 4.37. The van der Waals surface area contributed by atoms with Gasteiger partial charge < -0.3 is 4.90 Å². The number of amides is 4. The molecule has 2 saturated heterocycles. The Balaban J connectivity index is 1.57. The fourth-order valence-corrected chi connectivity index (χ4v) is 2.58. The first-order valence-electron chi connectivity index (χ1n) is 6.46. The van der Waals surface area contributed by atoms with E-state index < -0.39 is 18.0 Å². The van der Waals surface area contributed by atoms with Gasteiger partial charge in [0.15, 0.2) is 0 Å². The monoisotopic (exact) mass is 268 g/mol. The fourth-order valence-electron chi connectivity index (χ4n) is 2.58. The summed E-state index contributed by atoms with van der Waals surface area (Å²) in [5.41, 5.74) is 4.73. The maximum Gasteiger partial charge on any atom is 0.344 e. The molecule has 3 N–H and O–H groups in total. The standard InChI is InChI=1S/C11H16N4O4/c16-9(6-1-2-6)12-13-10(17)8-4-3-7-5-14(8)11(18)15(7)19/h6-8,19H,1-5H2,(H,12,16)(H,13,17)/t7-,8+/m0/s1. The Bertz CT molecular complexity index is 436. The van der Waals surface area contributed by atoms with Gasteiger partial charge in [-0.15, -0.1) is 0 Å². The average molecular weight is 268 g/mol. The first kappa shape index (κ1) is 12.2. The maximum atomic E-state index is 12.0. The summed E-state index contributed by atoms with van der Waals surface area (Å²) in [5, 5.41) is 10.2. The molecule has 0 spiro atoms. The Morgan fingerprint density at radius 1 is 1.11 bits per heavy atom. The Morgan fingerprint density at radius 3 is 2.47 bits per heavy atom. The van der Waals surface area contributed by atoms with Crippen molar-refractivity contribution in [1.82, 2.24) is 20.8 Å². The van der Waals surface area contributed by atoms with Crippen molar-refractivity contribution in [2.45, 2.75) is 37.8 Å². The van der Waals surface area contributed by atoms with Crippen molar-refractivity contribution in [2.24, 2.45) is 5.92 Å².